The van der Waals surface area contributed by atoms with Gasteiger partial charge in [-0.3, -0.25) is 4.98 Å². The second-order valence-corrected chi connectivity index (χ2v) is 12.6. The first-order valence-electron chi connectivity index (χ1n) is 14.8. The number of alkyl halides is 3. The average molecular weight is 554 g/mol. The smallest absolute Gasteiger partial charge is 0.256 e. The van der Waals surface area contributed by atoms with Gasteiger partial charge in [0.25, 0.3) is 0 Å². The number of hydrogen-bond donors (Lipinski definition) is 0. The van der Waals surface area contributed by atoms with Crippen LogP contribution in [0.5, 0.6) is 0 Å². The standard InChI is InChI=1S/C37H36F3N/c1-35(2,3)22-24-11-9-13-25(17-24)26-14-10-15-28(18-26)31-21-34(41-23-33(31)37(38,39)40)29-19-27-12-7-8-16-30(27)32(20-29)36(4,5)6/h7-21,23H,22H2,1-6H3/i22D2. The minimum atomic E-state index is -4.60. The van der Waals surface area contributed by atoms with E-state index in [9.17, 15) is 13.2 Å². The first kappa shape index (κ1) is 26.0. The maximum atomic E-state index is 14.3. The predicted molar refractivity (Wildman–Crippen MR) is 165 cm³/mol. The van der Waals surface area contributed by atoms with Gasteiger partial charge in [-0.25, -0.2) is 0 Å². The Labute approximate surface area is 243 Å². The van der Waals surface area contributed by atoms with Gasteiger partial charge in [0.2, 0.25) is 0 Å². The molecule has 0 atom stereocenters. The van der Waals surface area contributed by atoms with Gasteiger partial charge >= 0.3 is 6.18 Å². The molecule has 1 aromatic heterocycles. The molecule has 0 saturated heterocycles. The molecule has 4 aromatic carbocycles. The molecule has 0 aliphatic carbocycles. The van der Waals surface area contributed by atoms with Crippen molar-refractivity contribution in [3.63, 3.8) is 0 Å². The van der Waals surface area contributed by atoms with Gasteiger partial charge < -0.3 is 0 Å². The van der Waals surface area contributed by atoms with Crippen LogP contribution in [0, 0.1) is 5.41 Å². The Morgan fingerprint density at radius 1 is 0.659 bits per heavy atom. The van der Waals surface area contributed by atoms with Crippen LogP contribution >= 0.6 is 0 Å². The third-order valence-corrected chi connectivity index (χ3v) is 7.06. The number of rotatable bonds is 4. The molecule has 0 aliphatic heterocycles. The summed E-state index contributed by atoms with van der Waals surface area (Å²) in [6, 6.07) is 27.8. The lowest BCUT2D eigenvalue weighted by Crippen LogP contribution is -2.12. The molecule has 0 bridgehead atoms. The lowest BCUT2D eigenvalue weighted by Gasteiger charge is -2.23. The summed E-state index contributed by atoms with van der Waals surface area (Å²) in [7, 11) is 0. The minimum Gasteiger partial charge on any atom is -0.256 e. The Morgan fingerprint density at radius 2 is 1.32 bits per heavy atom. The third kappa shape index (κ3) is 6.37. The maximum Gasteiger partial charge on any atom is 0.418 e. The predicted octanol–water partition coefficient (Wildman–Crippen LogP) is 11.1. The second kappa shape index (κ2) is 10.5. The molecule has 1 heterocycles. The molecular weight excluding hydrogens is 515 g/mol. The summed E-state index contributed by atoms with van der Waals surface area (Å²) in [5.74, 6) is 0. The van der Waals surface area contributed by atoms with Crippen molar-refractivity contribution in [2.45, 2.75) is 59.5 Å². The van der Waals surface area contributed by atoms with Gasteiger partial charge in [-0.2, -0.15) is 13.2 Å². The molecule has 0 radical (unpaired) electrons. The highest BCUT2D eigenvalue weighted by Gasteiger charge is 2.34. The molecule has 0 spiro atoms. The fraction of sp³-hybridized carbons (Fsp3) is 0.270. The van der Waals surface area contributed by atoms with Crippen LogP contribution in [0.25, 0.3) is 44.3 Å². The van der Waals surface area contributed by atoms with Crippen LogP contribution in [0.4, 0.5) is 13.2 Å². The van der Waals surface area contributed by atoms with Crippen LogP contribution in [-0.4, -0.2) is 4.98 Å². The summed E-state index contributed by atoms with van der Waals surface area (Å²) in [6.45, 7) is 11.9. The third-order valence-electron chi connectivity index (χ3n) is 7.06. The maximum absolute atomic E-state index is 14.3. The van der Waals surface area contributed by atoms with E-state index < -0.39 is 23.5 Å². The fourth-order valence-electron chi connectivity index (χ4n) is 5.23. The molecule has 5 aromatic rings. The molecule has 4 heteroatoms. The van der Waals surface area contributed by atoms with Gasteiger partial charge in [-0.05, 0) is 85.6 Å². The fourth-order valence-corrected chi connectivity index (χ4v) is 5.23. The number of nitrogens with zero attached hydrogens (tertiary/aromatic N) is 1. The monoisotopic (exact) mass is 553 g/mol. The van der Waals surface area contributed by atoms with Gasteiger partial charge in [0.15, 0.2) is 0 Å². The SMILES string of the molecule is [2H]C([2H])(c1cccc(-c2cccc(-c3cc(-c4cc(C(C)(C)C)c5ccccc5c4)ncc3C(F)(F)F)c2)c1)C(C)(C)C. The number of fused-ring (bicyclic) bond motifs is 1. The number of pyridine rings is 1. The van der Waals surface area contributed by atoms with Crippen molar-refractivity contribution in [3.8, 4) is 33.5 Å². The largest absolute Gasteiger partial charge is 0.418 e. The van der Waals surface area contributed by atoms with Crippen LogP contribution in [0.3, 0.4) is 0 Å². The Balaban J connectivity index is 1.67. The van der Waals surface area contributed by atoms with E-state index in [1.807, 2.05) is 63.2 Å². The molecule has 0 aliphatic rings. The molecule has 1 nitrogen and oxygen atoms in total. The zero-order chi connectivity index (χ0) is 31.4. The van der Waals surface area contributed by atoms with E-state index in [2.05, 4.69) is 31.8 Å². The summed E-state index contributed by atoms with van der Waals surface area (Å²) in [5, 5.41) is 2.11. The van der Waals surface area contributed by atoms with E-state index in [4.69, 9.17) is 2.74 Å². The zero-order valence-corrected chi connectivity index (χ0v) is 24.3. The number of halogens is 3. The van der Waals surface area contributed by atoms with Crippen molar-refractivity contribution in [1.82, 2.24) is 4.98 Å². The van der Waals surface area contributed by atoms with E-state index in [0.29, 0.717) is 22.4 Å². The van der Waals surface area contributed by atoms with E-state index in [-0.39, 0.29) is 11.0 Å². The molecule has 0 N–H and O–H groups in total. The van der Waals surface area contributed by atoms with Gasteiger partial charge in [-0.1, -0.05) is 108 Å². The Morgan fingerprint density at radius 3 is 2.00 bits per heavy atom. The van der Waals surface area contributed by atoms with Crippen LogP contribution in [0.2, 0.25) is 0 Å². The van der Waals surface area contributed by atoms with Crippen molar-refractivity contribution in [1.29, 1.82) is 0 Å². The summed E-state index contributed by atoms with van der Waals surface area (Å²) >= 11 is 0. The van der Waals surface area contributed by atoms with E-state index in [1.165, 1.54) is 6.07 Å². The zero-order valence-electron chi connectivity index (χ0n) is 26.3. The molecule has 0 unspecified atom stereocenters. The topological polar surface area (TPSA) is 12.9 Å². The van der Waals surface area contributed by atoms with E-state index >= 15 is 0 Å². The highest BCUT2D eigenvalue weighted by Crippen LogP contribution is 2.41. The highest BCUT2D eigenvalue weighted by atomic mass is 19.4. The van der Waals surface area contributed by atoms with Crippen molar-refractivity contribution in [2.24, 2.45) is 5.41 Å². The first-order chi connectivity index (χ1) is 20.0. The second-order valence-electron chi connectivity index (χ2n) is 12.6. The van der Waals surface area contributed by atoms with Crippen molar-refractivity contribution in [2.75, 3.05) is 0 Å². The lowest BCUT2D eigenvalue weighted by molar-refractivity contribution is -0.137. The van der Waals surface area contributed by atoms with Crippen LogP contribution in [0.1, 0.15) is 61.0 Å². The molecule has 5 rings (SSSR count). The summed E-state index contributed by atoms with van der Waals surface area (Å²) in [4.78, 5) is 4.31. The lowest BCUT2D eigenvalue weighted by atomic mass is 9.82. The van der Waals surface area contributed by atoms with Crippen molar-refractivity contribution in [3.05, 3.63) is 114 Å². The number of aromatic nitrogens is 1. The van der Waals surface area contributed by atoms with Gasteiger partial charge in [0.05, 0.1) is 11.3 Å². The quantitative estimate of drug-likeness (QED) is 0.216. The van der Waals surface area contributed by atoms with Gasteiger partial charge in [0, 0.05) is 14.5 Å². The van der Waals surface area contributed by atoms with Crippen molar-refractivity contribution >= 4 is 10.8 Å². The molecule has 41 heavy (non-hydrogen) atoms. The first-order valence-corrected chi connectivity index (χ1v) is 13.8. The van der Waals surface area contributed by atoms with Gasteiger partial charge in [-0.15, -0.1) is 0 Å². The molecule has 0 amide bonds. The Bertz CT molecular complexity index is 1810. The van der Waals surface area contributed by atoms with Crippen molar-refractivity contribution < 1.29 is 15.9 Å². The normalized spacial score (nSPS) is 13.7. The number of hydrogen-bond acceptors (Lipinski definition) is 1. The van der Waals surface area contributed by atoms with Crippen LogP contribution in [-0.2, 0) is 18.0 Å². The van der Waals surface area contributed by atoms with Gasteiger partial charge in [0.1, 0.15) is 0 Å². The Hall–Kier alpha value is -3.92. The molecule has 210 valence electrons. The van der Waals surface area contributed by atoms with Crippen LogP contribution < -0.4 is 0 Å². The summed E-state index contributed by atoms with van der Waals surface area (Å²) in [5.41, 5.74) is 3.11. The number of benzene rings is 4. The molecule has 0 saturated carbocycles. The summed E-state index contributed by atoms with van der Waals surface area (Å²) < 4.78 is 60.4. The van der Waals surface area contributed by atoms with Crippen LogP contribution in [0.15, 0.2) is 97.2 Å². The van der Waals surface area contributed by atoms with E-state index in [0.717, 1.165) is 33.7 Å². The minimum absolute atomic E-state index is 0.0472. The summed E-state index contributed by atoms with van der Waals surface area (Å²) in [6.07, 6.45) is -5.27. The van der Waals surface area contributed by atoms with E-state index in [1.54, 1.807) is 36.4 Å². The average Bonchev–Trinajstić information content (AvgIpc) is 2.95. The molecule has 0 fully saturated rings. The Kier molecular flexibility index (Phi) is 6.65. The highest BCUT2D eigenvalue weighted by molar-refractivity contribution is 5.91. The molecular formula is C37H36F3N.